The first kappa shape index (κ1) is 27.8. The number of aromatic nitrogens is 4. The average Bonchev–Trinajstić information content (AvgIpc) is 3.97. The lowest BCUT2D eigenvalue weighted by molar-refractivity contribution is 1.01. The van der Waals surface area contributed by atoms with Gasteiger partial charge in [-0.1, -0.05) is 29.8 Å². The molecule has 0 aliphatic rings. The number of H-pyrrole nitrogens is 1. The van der Waals surface area contributed by atoms with Crippen molar-refractivity contribution in [3.63, 3.8) is 0 Å². The highest BCUT2D eigenvalue weighted by Gasteiger charge is 2.20. The van der Waals surface area contributed by atoms with Gasteiger partial charge in [0.05, 0.1) is 62.0 Å². The monoisotopic (exact) mass is 627 g/mol. The second kappa shape index (κ2) is 10.5. The topological polar surface area (TPSA) is 127 Å². The Bertz CT molecular complexity index is 3020. The van der Waals surface area contributed by atoms with Gasteiger partial charge in [-0.15, -0.1) is 5.52 Å². The second-order valence-corrected chi connectivity index (χ2v) is 11.9. The van der Waals surface area contributed by atoms with Crippen LogP contribution >= 0.6 is 0 Å². The molecule has 0 aliphatic carbocycles. The van der Waals surface area contributed by atoms with Crippen LogP contribution in [0.3, 0.4) is 0 Å². The number of nitrogens with zero attached hydrogens (tertiary/aromatic N) is 6. The fourth-order valence-electron chi connectivity index (χ4n) is 6.95. The maximum atomic E-state index is 14.8. The molecule has 0 saturated carbocycles. The van der Waals surface area contributed by atoms with E-state index >= 15 is 0 Å². The molecule has 9 aromatic rings. The Morgan fingerprint density at radius 1 is 0.551 bits per heavy atom. The highest BCUT2D eigenvalue weighted by Crippen LogP contribution is 2.37. The zero-order valence-corrected chi connectivity index (χ0v) is 25.6. The average molecular weight is 628 g/mol. The SMILES string of the molecule is N#Cc1ccc(-c2c3ccc([nH]3)[c+](-c3ccc(C#N)cc3)c3ccc([n-]3)c3ccc4c(-c5ccc(C#N)cc5)c5ccc2n5c(=O)n43)cc1. The van der Waals surface area contributed by atoms with Gasteiger partial charge >= 0.3 is 5.69 Å². The smallest absolute Gasteiger partial charge is 0.338 e. The van der Waals surface area contributed by atoms with Gasteiger partial charge in [0.15, 0.2) is 0 Å². The standard InChI is InChI=1S/C41H21N7O/c42-21-24-1-7-27(8-2-24)38-31-14-13-30(45-31)34-17-18-36-40(29-11-5-26(23-44)6-12-29)37-20-19-35(48(37)41(49)47(34)36)39(33-16-15-32(38)46-33)28-9-3-25(22-43)4-10-28/h1-20,46H. The number of fused-ring (bicyclic) bond motifs is 5. The third kappa shape index (κ3) is 4.14. The maximum Gasteiger partial charge on any atom is 0.338 e. The molecule has 1 N–H and O–H groups in total. The number of hydrogen-bond acceptors (Lipinski definition) is 4. The van der Waals surface area contributed by atoms with Gasteiger partial charge < -0.3 is 9.97 Å². The largest absolute Gasteiger partial charge is 0.641 e. The molecule has 0 fully saturated rings. The van der Waals surface area contributed by atoms with Crippen LogP contribution in [0.15, 0.2) is 126 Å². The molecule has 0 atom stereocenters. The molecular formula is C41H21N7O. The van der Waals surface area contributed by atoms with Crippen LogP contribution in [0.2, 0.25) is 0 Å². The summed E-state index contributed by atoms with van der Waals surface area (Å²) in [6, 6.07) is 44.4. The Morgan fingerprint density at radius 2 is 1.06 bits per heavy atom. The minimum atomic E-state index is -0.250. The number of hydrogen-bond donors (Lipinski definition) is 1. The van der Waals surface area contributed by atoms with Crippen LogP contribution in [0.25, 0.3) is 77.5 Å². The second-order valence-electron chi connectivity index (χ2n) is 11.9. The van der Waals surface area contributed by atoms with Crippen LogP contribution in [-0.2, 0) is 0 Å². The van der Waals surface area contributed by atoms with E-state index in [2.05, 4.69) is 23.2 Å². The Hall–Kier alpha value is -7.47. The Balaban J connectivity index is 1.52. The minimum absolute atomic E-state index is 0.250. The van der Waals surface area contributed by atoms with Gasteiger partial charge in [-0.05, 0) is 90.0 Å². The summed E-state index contributed by atoms with van der Waals surface area (Å²) in [6.07, 6.45) is 0. The summed E-state index contributed by atoms with van der Waals surface area (Å²) in [4.78, 5) is 23.6. The summed E-state index contributed by atoms with van der Waals surface area (Å²) in [5.74, 6) is 0. The zero-order valence-electron chi connectivity index (χ0n) is 25.6. The van der Waals surface area contributed by atoms with E-state index in [1.807, 2.05) is 84.9 Å². The van der Waals surface area contributed by atoms with Crippen LogP contribution in [0.5, 0.6) is 0 Å². The molecule has 0 radical (unpaired) electrons. The molecule has 6 aromatic heterocycles. The molecule has 0 saturated heterocycles. The van der Waals surface area contributed by atoms with E-state index in [-0.39, 0.29) is 5.69 Å². The molecule has 0 unspecified atom stereocenters. The molecule has 9 rings (SSSR count). The van der Waals surface area contributed by atoms with Crippen molar-refractivity contribution >= 4 is 44.1 Å². The number of nitrogens with one attached hydrogen (secondary N) is 1. The summed E-state index contributed by atoms with van der Waals surface area (Å²) in [6.45, 7) is 0. The first-order valence-electron chi connectivity index (χ1n) is 15.5. The Labute approximate surface area is 278 Å². The van der Waals surface area contributed by atoms with Crippen LogP contribution in [0.1, 0.15) is 16.7 Å². The first-order chi connectivity index (χ1) is 24.1. The molecule has 6 bridgehead atoms. The molecule has 49 heavy (non-hydrogen) atoms. The third-order valence-corrected chi connectivity index (χ3v) is 9.20. The molecule has 226 valence electrons. The Kier molecular flexibility index (Phi) is 5.98. The van der Waals surface area contributed by atoms with Crippen LogP contribution in [0, 0.1) is 34.0 Å². The van der Waals surface area contributed by atoms with E-state index in [0.717, 1.165) is 55.4 Å². The summed E-state index contributed by atoms with van der Waals surface area (Å²) in [5, 5.41) is 28.5. The predicted molar refractivity (Wildman–Crippen MR) is 190 cm³/mol. The van der Waals surface area contributed by atoms with E-state index in [9.17, 15) is 20.6 Å². The molecule has 0 aliphatic heterocycles. The van der Waals surface area contributed by atoms with Crippen molar-refractivity contribution in [2.75, 3.05) is 0 Å². The van der Waals surface area contributed by atoms with Gasteiger partial charge in [0.25, 0.3) is 0 Å². The van der Waals surface area contributed by atoms with Crippen molar-refractivity contribution < 1.29 is 0 Å². The highest BCUT2D eigenvalue weighted by molar-refractivity contribution is 6.02. The molecular weight excluding hydrogens is 606 g/mol. The van der Waals surface area contributed by atoms with Gasteiger partial charge in [-0.25, -0.2) is 4.79 Å². The quantitative estimate of drug-likeness (QED) is 0.198. The van der Waals surface area contributed by atoms with Gasteiger partial charge in [-0.3, -0.25) is 8.80 Å². The summed E-state index contributed by atoms with van der Waals surface area (Å²) >= 11 is 0. The summed E-state index contributed by atoms with van der Waals surface area (Å²) in [7, 11) is 0. The van der Waals surface area contributed by atoms with Gasteiger partial charge in [-0.2, -0.15) is 15.8 Å². The molecule has 8 heteroatoms. The first-order valence-corrected chi connectivity index (χ1v) is 15.5. The van der Waals surface area contributed by atoms with Crippen LogP contribution in [0.4, 0.5) is 0 Å². The zero-order chi connectivity index (χ0) is 33.2. The lowest BCUT2D eigenvalue weighted by atomic mass is 10.0. The Morgan fingerprint density at radius 3 is 1.65 bits per heavy atom. The van der Waals surface area contributed by atoms with E-state index in [0.29, 0.717) is 38.8 Å². The van der Waals surface area contributed by atoms with Crippen LogP contribution in [-0.4, -0.2) is 13.8 Å². The number of nitriles is 3. The van der Waals surface area contributed by atoms with Gasteiger partial charge in [0, 0.05) is 34.8 Å². The molecule has 0 spiro atoms. The van der Waals surface area contributed by atoms with E-state index in [4.69, 9.17) is 4.98 Å². The van der Waals surface area contributed by atoms with Crippen molar-refractivity contribution in [1.82, 2.24) is 18.8 Å². The van der Waals surface area contributed by atoms with Crippen molar-refractivity contribution in [3.05, 3.63) is 149 Å². The van der Waals surface area contributed by atoms with Gasteiger partial charge in [0.1, 0.15) is 11.6 Å². The third-order valence-electron chi connectivity index (χ3n) is 9.20. The molecule has 0 amide bonds. The molecule has 6 heterocycles. The van der Waals surface area contributed by atoms with Crippen molar-refractivity contribution in [2.45, 2.75) is 0 Å². The van der Waals surface area contributed by atoms with E-state index < -0.39 is 0 Å². The van der Waals surface area contributed by atoms with Crippen molar-refractivity contribution in [1.29, 1.82) is 15.8 Å². The van der Waals surface area contributed by atoms with E-state index in [1.54, 1.807) is 45.2 Å². The highest BCUT2D eigenvalue weighted by atomic mass is 16.1. The summed E-state index contributed by atoms with van der Waals surface area (Å²) < 4.78 is 3.45. The lowest BCUT2D eigenvalue weighted by Crippen LogP contribution is -2.21. The van der Waals surface area contributed by atoms with Gasteiger partial charge in [0.2, 0.25) is 0 Å². The van der Waals surface area contributed by atoms with Crippen LogP contribution < -0.4 is 10.7 Å². The number of rotatable bonds is 3. The number of benzene rings is 3. The molecule has 3 aromatic carbocycles. The van der Waals surface area contributed by atoms with Crippen molar-refractivity contribution in [2.24, 2.45) is 0 Å². The lowest BCUT2D eigenvalue weighted by Gasteiger charge is -2.12. The number of aromatic amines is 1. The normalized spacial score (nSPS) is 11.3. The predicted octanol–water partition coefficient (Wildman–Crippen LogP) is 8.19. The fourth-order valence-corrected chi connectivity index (χ4v) is 6.95. The molecule has 8 nitrogen and oxygen atoms in total. The fraction of sp³-hybridized carbons (Fsp3) is 0. The maximum absolute atomic E-state index is 14.8. The summed E-state index contributed by atoms with van der Waals surface area (Å²) in [5.41, 5.74) is 12.1. The van der Waals surface area contributed by atoms with E-state index in [1.165, 1.54) is 0 Å². The van der Waals surface area contributed by atoms with Crippen molar-refractivity contribution in [3.8, 4) is 51.6 Å². The minimum Gasteiger partial charge on any atom is -0.641 e.